The first-order valence-corrected chi connectivity index (χ1v) is 6.58. The van der Waals surface area contributed by atoms with Crippen LogP contribution in [0.15, 0.2) is 30.3 Å². The molecule has 0 bridgehead atoms. The fourth-order valence-electron chi connectivity index (χ4n) is 1.60. The smallest absolute Gasteiger partial charge is 0.328 e. The Morgan fingerprint density at radius 3 is 2.37 bits per heavy atom. The van der Waals surface area contributed by atoms with Crippen LogP contribution in [-0.4, -0.2) is 24.5 Å². The highest BCUT2D eigenvalue weighted by molar-refractivity contribution is 5.96. The van der Waals surface area contributed by atoms with Gasteiger partial charge in [0.05, 0.1) is 6.61 Å². The molecule has 4 heteroatoms. The van der Waals surface area contributed by atoms with Crippen LogP contribution in [0, 0.1) is 5.92 Å². The molecule has 0 aliphatic heterocycles. The van der Waals surface area contributed by atoms with E-state index in [0.717, 1.165) is 6.42 Å². The van der Waals surface area contributed by atoms with Gasteiger partial charge in [0.2, 0.25) is 0 Å². The summed E-state index contributed by atoms with van der Waals surface area (Å²) in [7, 11) is 0. The minimum atomic E-state index is -0.612. The van der Waals surface area contributed by atoms with E-state index in [2.05, 4.69) is 5.32 Å². The molecule has 1 unspecified atom stereocenters. The van der Waals surface area contributed by atoms with E-state index in [1.54, 1.807) is 24.3 Å². The lowest BCUT2D eigenvalue weighted by Crippen LogP contribution is -2.45. The SMILES string of the molecule is CCCOC(=O)C(NC(=O)c1ccccc1)C(C)C. The highest BCUT2D eigenvalue weighted by atomic mass is 16.5. The maximum Gasteiger partial charge on any atom is 0.328 e. The predicted octanol–water partition coefficient (Wildman–Crippen LogP) is 2.39. The zero-order valence-corrected chi connectivity index (χ0v) is 11.7. The molecule has 0 saturated carbocycles. The maximum atomic E-state index is 12.0. The van der Waals surface area contributed by atoms with Gasteiger partial charge in [0.25, 0.3) is 5.91 Å². The van der Waals surface area contributed by atoms with Crippen molar-refractivity contribution in [2.75, 3.05) is 6.61 Å². The Bertz CT molecular complexity index is 415. The number of hydrogen-bond donors (Lipinski definition) is 1. The zero-order valence-electron chi connectivity index (χ0n) is 11.7. The van der Waals surface area contributed by atoms with Crippen LogP contribution in [0.3, 0.4) is 0 Å². The third-order valence-corrected chi connectivity index (χ3v) is 2.69. The van der Waals surface area contributed by atoms with E-state index in [4.69, 9.17) is 4.74 Å². The molecule has 1 aromatic carbocycles. The Balaban J connectivity index is 2.68. The van der Waals surface area contributed by atoms with Crippen LogP contribution < -0.4 is 5.32 Å². The molecule has 1 atom stereocenters. The summed E-state index contributed by atoms with van der Waals surface area (Å²) in [6.07, 6.45) is 0.767. The van der Waals surface area contributed by atoms with Crippen LogP contribution in [-0.2, 0) is 9.53 Å². The number of hydrogen-bond acceptors (Lipinski definition) is 3. The third kappa shape index (κ3) is 4.73. The second kappa shape index (κ2) is 7.56. The van der Waals surface area contributed by atoms with Gasteiger partial charge in [-0.1, -0.05) is 39.0 Å². The Kier molecular flexibility index (Phi) is 6.06. The van der Waals surface area contributed by atoms with Gasteiger partial charge in [0, 0.05) is 5.56 Å². The van der Waals surface area contributed by atoms with Crippen molar-refractivity contribution in [3.63, 3.8) is 0 Å². The average Bonchev–Trinajstić information content (AvgIpc) is 2.42. The Morgan fingerprint density at radius 1 is 1.21 bits per heavy atom. The number of rotatable bonds is 6. The molecule has 0 aliphatic carbocycles. The minimum absolute atomic E-state index is 0.0166. The van der Waals surface area contributed by atoms with Crippen molar-refractivity contribution >= 4 is 11.9 Å². The van der Waals surface area contributed by atoms with Crippen LogP contribution in [0.1, 0.15) is 37.6 Å². The minimum Gasteiger partial charge on any atom is -0.464 e. The summed E-state index contributed by atoms with van der Waals surface area (Å²) in [6, 6.07) is 8.23. The first-order valence-electron chi connectivity index (χ1n) is 6.58. The van der Waals surface area contributed by atoms with Crippen LogP contribution in [0.25, 0.3) is 0 Å². The number of esters is 1. The predicted molar refractivity (Wildman–Crippen MR) is 73.8 cm³/mol. The van der Waals surface area contributed by atoms with E-state index in [1.165, 1.54) is 0 Å². The normalized spacial score (nSPS) is 12.0. The summed E-state index contributed by atoms with van der Waals surface area (Å²) in [6.45, 7) is 6.07. The molecule has 4 nitrogen and oxygen atoms in total. The van der Waals surface area contributed by atoms with Gasteiger partial charge < -0.3 is 10.1 Å². The Hall–Kier alpha value is -1.84. The lowest BCUT2D eigenvalue weighted by Gasteiger charge is -2.20. The van der Waals surface area contributed by atoms with Crippen molar-refractivity contribution in [3.05, 3.63) is 35.9 Å². The van der Waals surface area contributed by atoms with Crippen LogP contribution in [0.2, 0.25) is 0 Å². The zero-order chi connectivity index (χ0) is 14.3. The lowest BCUT2D eigenvalue weighted by molar-refractivity contribution is -0.147. The molecule has 0 radical (unpaired) electrons. The summed E-state index contributed by atoms with van der Waals surface area (Å²) >= 11 is 0. The number of amides is 1. The van der Waals surface area contributed by atoms with Gasteiger partial charge in [-0.25, -0.2) is 4.79 Å². The van der Waals surface area contributed by atoms with Crippen molar-refractivity contribution < 1.29 is 14.3 Å². The quantitative estimate of drug-likeness (QED) is 0.802. The molecule has 1 N–H and O–H groups in total. The highest BCUT2D eigenvalue weighted by Crippen LogP contribution is 2.07. The van der Waals surface area contributed by atoms with E-state index < -0.39 is 6.04 Å². The molecule has 19 heavy (non-hydrogen) atoms. The van der Waals surface area contributed by atoms with E-state index in [1.807, 2.05) is 26.8 Å². The average molecular weight is 263 g/mol. The molecule has 0 fully saturated rings. The van der Waals surface area contributed by atoms with Gasteiger partial charge in [0.15, 0.2) is 0 Å². The highest BCUT2D eigenvalue weighted by Gasteiger charge is 2.25. The standard InChI is InChI=1S/C15H21NO3/c1-4-10-19-15(18)13(11(2)3)16-14(17)12-8-6-5-7-9-12/h5-9,11,13H,4,10H2,1-3H3,(H,16,17). The number of carbonyl (C=O) groups is 2. The summed E-state index contributed by atoms with van der Waals surface area (Å²) in [4.78, 5) is 23.9. The fourth-order valence-corrected chi connectivity index (χ4v) is 1.60. The molecule has 1 amide bonds. The van der Waals surface area contributed by atoms with Crippen molar-refractivity contribution in [3.8, 4) is 0 Å². The van der Waals surface area contributed by atoms with E-state index >= 15 is 0 Å². The number of nitrogens with one attached hydrogen (secondary N) is 1. The number of carbonyl (C=O) groups excluding carboxylic acids is 2. The maximum absolute atomic E-state index is 12.0. The lowest BCUT2D eigenvalue weighted by atomic mass is 10.0. The number of benzene rings is 1. The van der Waals surface area contributed by atoms with Gasteiger partial charge in [-0.05, 0) is 24.5 Å². The topological polar surface area (TPSA) is 55.4 Å². The molecule has 0 heterocycles. The summed E-state index contributed by atoms with van der Waals surface area (Å²) < 4.78 is 5.10. The van der Waals surface area contributed by atoms with Crippen molar-refractivity contribution in [2.24, 2.45) is 5.92 Å². The van der Waals surface area contributed by atoms with Crippen molar-refractivity contribution in [1.82, 2.24) is 5.32 Å². The van der Waals surface area contributed by atoms with Crippen molar-refractivity contribution in [2.45, 2.75) is 33.2 Å². The van der Waals surface area contributed by atoms with Gasteiger partial charge in [0.1, 0.15) is 6.04 Å². The summed E-state index contributed by atoms with van der Waals surface area (Å²) in [5, 5.41) is 2.73. The monoisotopic (exact) mass is 263 g/mol. The first-order chi connectivity index (χ1) is 9.06. The molecular weight excluding hydrogens is 242 g/mol. The third-order valence-electron chi connectivity index (χ3n) is 2.69. The second-order valence-corrected chi connectivity index (χ2v) is 4.73. The molecule has 0 aliphatic rings. The number of ether oxygens (including phenoxy) is 1. The van der Waals surface area contributed by atoms with E-state index in [-0.39, 0.29) is 17.8 Å². The van der Waals surface area contributed by atoms with Crippen LogP contribution in [0.5, 0.6) is 0 Å². The largest absolute Gasteiger partial charge is 0.464 e. The van der Waals surface area contributed by atoms with Gasteiger partial charge in [-0.3, -0.25) is 4.79 Å². The van der Waals surface area contributed by atoms with Gasteiger partial charge in [-0.2, -0.15) is 0 Å². The van der Waals surface area contributed by atoms with Crippen molar-refractivity contribution in [1.29, 1.82) is 0 Å². The molecule has 1 aromatic rings. The van der Waals surface area contributed by atoms with Crippen LogP contribution >= 0.6 is 0 Å². The Morgan fingerprint density at radius 2 is 1.84 bits per heavy atom. The molecule has 0 saturated heterocycles. The van der Waals surface area contributed by atoms with E-state index in [9.17, 15) is 9.59 Å². The summed E-state index contributed by atoms with van der Waals surface area (Å²) in [5.74, 6) is -0.647. The fraction of sp³-hybridized carbons (Fsp3) is 0.467. The summed E-state index contributed by atoms with van der Waals surface area (Å²) in [5.41, 5.74) is 0.538. The van der Waals surface area contributed by atoms with E-state index in [0.29, 0.717) is 12.2 Å². The molecule has 0 aromatic heterocycles. The van der Waals surface area contributed by atoms with Crippen LogP contribution in [0.4, 0.5) is 0 Å². The molecule has 0 spiro atoms. The van der Waals surface area contributed by atoms with Gasteiger partial charge >= 0.3 is 5.97 Å². The molecule has 1 rings (SSSR count). The Labute approximate surface area is 114 Å². The molecule has 104 valence electrons. The second-order valence-electron chi connectivity index (χ2n) is 4.73. The molecular formula is C15H21NO3. The van der Waals surface area contributed by atoms with Gasteiger partial charge in [-0.15, -0.1) is 0 Å². The first kappa shape index (κ1) is 15.2.